The van der Waals surface area contributed by atoms with Gasteiger partial charge in [-0.05, 0) is 66.4 Å². The van der Waals surface area contributed by atoms with Gasteiger partial charge >= 0.3 is 0 Å². The van der Waals surface area contributed by atoms with Crippen molar-refractivity contribution < 1.29 is 14.0 Å². The van der Waals surface area contributed by atoms with Gasteiger partial charge < -0.3 is 4.57 Å². The molecule has 1 fully saturated rings. The molecule has 0 N–H and O–H groups in total. The zero-order chi connectivity index (χ0) is 25.4. The number of hydrogen-bond acceptors (Lipinski definition) is 3. The normalized spacial score (nSPS) is 23.5. The third kappa shape index (κ3) is 2.99. The molecule has 0 spiro atoms. The Hall–Kier alpha value is -4.32. The van der Waals surface area contributed by atoms with E-state index in [1.165, 1.54) is 12.1 Å². The van der Waals surface area contributed by atoms with E-state index in [1.807, 2.05) is 48.7 Å². The number of benzene rings is 3. The highest BCUT2D eigenvalue weighted by atomic mass is 19.1. The summed E-state index contributed by atoms with van der Waals surface area (Å²) in [5.74, 6) is -1.98. The highest BCUT2D eigenvalue weighted by molar-refractivity contribution is 6.08. The van der Waals surface area contributed by atoms with Gasteiger partial charge in [0.1, 0.15) is 5.82 Å². The molecule has 2 bridgehead atoms. The Morgan fingerprint density at radius 1 is 0.757 bits per heavy atom. The van der Waals surface area contributed by atoms with Gasteiger partial charge in [-0.15, -0.1) is 0 Å². The third-order valence-electron chi connectivity index (χ3n) is 8.29. The van der Waals surface area contributed by atoms with Crippen molar-refractivity contribution in [2.45, 2.75) is 25.7 Å². The molecule has 1 saturated heterocycles. The second-order valence-electron chi connectivity index (χ2n) is 10.1. The zero-order valence-electron chi connectivity index (χ0n) is 20.4. The first kappa shape index (κ1) is 21.9. The van der Waals surface area contributed by atoms with E-state index in [1.54, 1.807) is 18.3 Å². The molecule has 1 aliphatic heterocycles. The number of carbonyl (C=O) groups is 2. The first-order valence-corrected chi connectivity index (χ1v) is 12.5. The molecule has 1 aromatic heterocycles. The summed E-state index contributed by atoms with van der Waals surface area (Å²) >= 11 is 0. The van der Waals surface area contributed by atoms with Crippen molar-refractivity contribution in [3.05, 3.63) is 124 Å². The van der Waals surface area contributed by atoms with E-state index in [2.05, 4.69) is 29.4 Å². The molecule has 0 saturated carbocycles. The molecule has 2 amide bonds. The molecule has 0 unspecified atom stereocenters. The average molecular weight is 490 g/mol. The maximum atomic E-state index is 13.7. The number of imide groups is 1. The molecule has 5 nitrogen and oxygen atoms in total. The van der Waals surface area contributed by atoms with Crippen LogP contribution in [0, 0.1) is 31.5 Å². The number of halogens is 1. The van der Waals surface area contributed by atoms with E-state index < -0.39 is 11.8 Å². The molecule has 2 atom stereocenters. The molecular formula is C31H24FN3O2. The van der Waals surface area contributed by atoms with E-state index in [-0.39, 0.29) is 29.5 Å². The second kappa shape index (κ2) is 7.84. The van der Waals surface area contributed by atoms with Crippen molar-refractivity contribution >= 4 is 18.0 Å². The lowest BCUT2D eigenvalue weighted by molar-refractivity contribution is -0.139. The fraction of sp³-hybridized carbons (Fsp3) is 0.194. The zero-order valence-corrected chi connectivity index (χ0v) is 20.4. The van der Waals surface area contributed by atoms with Crippen molar-refractivity contribution in [2.24, 2.45) is 16.9 Å². The summed E-state index contributed by atoms with van der Waals surface area (Å²) in [5, 5.41) is 5.56. The van der Waals surface area contributed by atoms with Crippen molar-refractivity contribution in [3.63, 3.8) is 0 Å². The van der Waals surface area contributed by atoms with Crippen LogP contribution in [0.2, 0.25) is 0 Å². The van der Waals surface area contributed by atoms with Gasteiger partial charge in [-0.25, -0.2) is 4.39 Å². The van der Waals surface area contributed by atoms with Crippen LogP contribution in [0.15, 0.2) is 84.0 Å². The minimum Gasteiger partial charge on any atom is -0.318 e. The summed E-state index contributed by atoms with van der Waals surface area (Å²) in [6.45, 7) is 3.90. The average Bonchev–Trinajstić information content (AvgIpc) is 3.34. The molecule has 6 heteroatoms. The molecule has 4 aromatic rings. The molecule has 8 rings (SSSR count). The van der Waals surface area contributed by atoms with Crippen LogP contribution >= 0.6 is 0 Å². The van der Waals surface area contributed by atoms with Gasteiger partial charge in [-0.2, -0.15) is 10.1 Å². The largest absolute Gasteiger partial charge is 0.318 e. The quantitative estimate of drug-likeness (QED) is 0.284. The molecule has 182 valence electrons. The van der Waals surface area contributed by atoms with Gasteiger partial charge in [0.25, 0.3) is 11.8 Å². The topological polar surface area (TPSA) is 54.7 Å². The van der Waals surface area contributed by atoms with Gasteiger partial charge in [0.05, 0.1) is 18.1 Å². The lowest BCUT2D eigenvalue weighted by atomic mass is 9.55. The van der Waals surface area contributed by atoms with Gasteiger partial charge in [0, 0.05) is 34.5 Å². The minimum atomic E-state index is -0.453. The van der Waals surface area contributed by atoms with Crippen molar-refractivity contribution in [1.82, 2.24) is 9.58 Å². The molecule has 3 aliphatic carbocycles. The van der Waals surface area contributed by atoms with Crippen LogP contribution in [0.25, 0.3) is 5.69 Å². The van der Waals surface area contributed by atoms with Gasteiger partial charge in [-0.3, -0.25) is 9.59 Å². The number of hydrogen-bond donors (Lipinski definition) is 0. The summed E-state index contributed by atoms with van der Waals surface area (Å²) in [6, 6.07) is 24.6. The van der Waals surface area contributed by atoms with Crippen molar-refractivity contribution in [3.8, 4) is 5.69 Å². The molecule has 37 heavy (non-hydrogen) atoms. The standard InChI is InChI=1S/C31H24FN3O2/c1-17-15-19(18(2)34(17)21-13-11-20(32)12-14-21)16-33-35-30(36)28-26-22-7-3-4-8-23(22)27(29(28)31(35)37)25-10-6-5-9-24(25)26/h3-16,26-29H,1-2H3/b33-16-/t26?,27?,28-,29-/m1/s1. The predicted octanol–water partition coefficient (Wildman–Crippen LogP) is 5.46. The summed E-state index contributed by atoms with van der Waals surface area (Å²) in [6.07, 6.45) is 1.59. The Bertz CT molecular complexity index is 1520. The SMILES string of the molecule is Cc1cc(/C=N\N2C(=O)[C@@H]3C4c5ccccc5C(c5ccccc54)[C@H]3C2=O)c(C)n1-c1ccc(F)cc1. The summed E-state index contributed by atoms with van der Waals surface area (Å²) in [4.78, 5) is 27.5. The van der Waals surface area contributed by atoms with E-state index >= 15 is 0 Å². The molecular weight excluding hydrogens is 465 g/mol. The summed E-state index contributed by atoms with van der Waals surface area (Å²) in [5.41, 5.74) is 8.04. The number of aromatic nitrogens is 1. The number of amides is 2. The Labute approximate surface area is 213 Å². The van der Waals surface area contributed by atoms with Gasteiger partial charge in [0.15, 0.2) is 0 Å². The first-order chi connectivity index (χ1) is 18.0. The first-order valence-electron chi connectivity index (χ1n) is 12.5. The van der Waals surface area contributed by atoms with Crippen LogP contribution in [0.1, 0.15) is 51.0 Å². The number of nitrogens with zero attached hydrogens (tertiary/aromatic N) is 3. The third-order valence-corrected chi connectivity index (χ3v) is 8.29. The Balaban J connectivity index is 1.26. The van der Waals surface area contributed by atoms with Crippen LogP contribution in [-0.2, 0) is 9.59 Å². The maximum Gasteiger partial charge on any atom is 0.254 e. The number of hydrazone groups is 1. The molecule has 4 aliphatic rings. The van der Waals surface area contributed by atoms with Crippen LogP contribution in [0.4, 0.5) is 4.39 Å². The van der Waals surface area contributed by atoms with Crippen LogP contribution < -0.4 is 0 Å². The summed E-state index contributed by atoms with van der Waals surface area (Å²) in [7, 11) is 0. The molecule has 2 heterocycles. The molecule has 0 radical (unpaired) electrons. The summed E-state index contributed by atoms with van der Waals surface area (Å²) < 4.78 is 15.4. The second-order valence-corrected chi connectivity index (χ2v) is 10.1. The van der Waals surface area contributed by atoms with Crippen molar-refractivity contribution in [1.29, 1.82) is 0 Å². The number of carbonyl (C=O) groups excluding carboxylic acids is 2. The van der Waals surface area contributed by atoms with E-state index in [9.17, 15) is 14.0 Å². The number of rotatable bonds is 3. The van der Waals surface area contributed by atoms with Crippen LogP contribution in [0.5, 0.6) is 0 Å². The van der Waals surface area contributed by atoms with Gasteiger partial charge in [-0.1, -0.05) is 48.5 Å². The minimum absolute atomic E-state index is 0.150. The van der Waals surface area contributed by atoms with Crippen LogP contribution in [0.3, 0.4) is 0 Å². The lowest BCUT2D eigenvalue weighted by Gasteiger charge is -2.45. The van der Waals surface area contributed by atoms with Crippen LogP contribution in [-0.4, -0.2) is 27.6 Å². The lowest BCUT2D eigenvalue weighted by Crippen LogP contribution is -2.41. The molecule has 3 aromatic carbocycles. The fourth-order valence-electron chi connectivity index (χ4n) is 6.80. The fourth-order valence-corrected chi connectivity index (χ4v) is 6.80. The maximum absolute atomic E-state index is 13.7. The Kier molecular flexibility index (Phi) is 4.64. The smallest absolute Gasteiger partial charge is 0.254 e. The van der Waals surface area contributed by atoms with E-state index in [0.717, 1.165) is 49.9 Å². The van der Waals surface area contributed by atoms with Crippen molar-refractivity contribution in [2.75, 3.05) is 0 Å². The Morgan fingerprint density at radius 3 is 1.73 bits per heavy atom. The highest BCUT2D eigenvalue weighted by Gasteiger charge is 2.61. The van der Waals surface area contributed by atoms with E-state index in [4.69, 9.17) is 0 Å². The number of aryl methyl sites for hydroxylation is 1. The predicted molar refractivity (Wildman–Crippen MR) is 138 cm³/mol. The van der Waals surface area contributed by atoms with Gasteiger partial charge in [0.2, 0.25) is 0 Å². The highest BCUT2D eigenvalue weighted by Crippen LogP contribution is 2.60. The van der Waals surface area contributed by atoms with E-state index in [0.29, 0.717) is 0 Å². The Morgan fingerprint density at radius 2 is 1.24 bits per heavy atom. The monoisotopic (exact) mass is 489 g/mol.